The van der Waals surface area contributed by atoms with Gasteiger partial charge in [0.1, 0.15) is 11.9 Å². The molecule has 0 radical (unpaired) electrons. The average Bonchev–Trinajstić information content (AvgIpc) is 3.54. The van der Waals surface area contributed by atoms with Gasteiger partial charge in [0.25, 0.3) is 0 Å². The highest BCUT2D eigenvalue weighted by atomic mass is 16.6. The SMILES string of the molecule is C=C(C)OC(=O)N(CCCCCCCCCN1CCC(Cn2cnc(C(O)(c3ccccc3)C3CCCCC3)n2)CC1)C(=O)OC(C)(C)C. The molecule has 10 heteroatoms. The van der Waals surface area contributed by atoms with Gasteiger partial charge >= 0.3 is 12.2 Å². The van der Waals surface area contributed by atoms with Crippen LogP contribution in [0.15, 0.2) is 49.0 Å². The smallest absolute Gasteiger partial charge is 0.424 e. The summed E-state index contributed by atoms with van der Waals surface area (Å²) in [5.74, 6) is 1.50. The largest absolute Gasteiger partial charge is 0.443 e. The molecule has 1 aliphatic heterocycles. The minimum atomic E-state index is -1.14. The van der Waals surface area contributed by atoms with E-state index >= 15 is 0 Å². The van der Waals surface area contributed by atoms with Crippen LogP contribution in [0, 0.1) is 11.8 Å². The number of amides is 2. The van der Waals surface area contributed by atoms with Crippen LogP contribution in [0.2, 0.25) is 0 Å². The van der Waals surface area contributed by atoms with Crippen molar-refractivity contribution in [2.75, 3.05) is 26.2 Å². The highest BCUT2D eigenvalue weighted by Gasteiger charge is 2.44. The van der Waals surface area contributed by atoms with Crippen LogP contribution in [0.5, 0.6) is 0 Å². The van der Waals surface area contributed by atoms with Crippen molar-refractivity contribution >= 4 is 12.2 Å². The maximum absolute atomic E-state index is 12.5. The van der Waals surface area contributed by atoms with E-state index in [9.17, 15) is 14.7 Å². The maximum Gasteiger partial charge on any atom is 0.424 e. The first-order chi connectivity index (χ1) is 23.5. The average molecular weight is 680 g/mol. The van der Waals surface area contributed by atoms with Gasteiger partial charge in [-0.25, -0.2) is 19.5 Å². The number of unbranched alkanes of at least 4 members (excludes halogenated alkanes) is 6. The van der Waals surface area contributed by atoms with Crippen LogP contribution in [-0.2, 0) is 21.6 Å². The topological polar surface area (TPSA) is 110 Å². The lowest BCUT2D eigenvalue weighted by atomic mass is 9.73. The van der Waals surface area contributed by atoms with E-state index in [0.717, 1.165) is 94.4 Å². The van der Waals surface area contributed by atoms with Crippen molar-refractivity contribution in [3.8, 4) is 0 Å². The molecular formula is C39H61N5O5. The Morgan fingerprint density at radius 1 is 0.918 bits per heavy atom. The highest BCUT2D eigenvalue weighted by Crippen LogP contribution is 2.42. The number of nitrogens with zero attached hydrogens (tertiary/aromatic N) is 5. The number of hydrogen-bond donors (Lipinski definition) is 1. The summed E-state index contributed by atoms with van der Waals surface area (Å²) < 4.78 is 12.4. The van der Waals surface area contributed by atoms with Gasteiger partial charge in [-0.3, -0.25) is 4.68 Å². The molecule has 1 aromatic carbocycles. The quantitative estimate of drug-likeness (QED) is 0.139. The van der Waals surface area contributed by atoms with Crippen molar-refractivity contribution in [1.29, 1.82) is 0 Å². The fraction of sp³-hybridized carbons (Fsp3) is 0.692. The summed E-state index contributed by atoms with van der Waals surface area (Å²) >= 11 is 0. The molecule has 4 rings (SSSR count). The minimum Gasteiger partial charge on any atom is -0.443 e. The van der Waals surface area contributed by atoms with Gasteiger partial charge in [-0.05, 0) is 103 Å². The van der Waals surface area contributed by atoms with Crippen molar-refractivity contribution in [3.05, 3.63) is 60.4 Å². The number of likely N-dealkylation sites (tertiary alicyclic amines) is 1. The van der Waals surface area contributed by atoms with E-state index in [1.807, 2.05) is 41.3 Å². The van der Waals surface area contributed by atoms with E-state index in [0.29, 0.717) is 18.2 Å². The third-order valence-corrected chi connectivity index (χ3v) is 9.89. The van der Waals surface area contributed by atoms with Crippen LogP contribution in [0.3, 0.4) is 0 Å². The predicted molar refractivity (Wildman–Crippen MR) is 192 cm³/mol. The molecule has 1 aromatic heterocycles. The number of allylic oxidation sites excluding steroid dienone is 1. The Kier molecular flexibility index (Phi) is 14.7. The van der Waals surface area contributed by atoms with Crippen LogP contribution in [0.4, 0.5) is 9.59 Å². The summed E-state index contributed by atoms with van der Waals surface area (Å²) in [7, 11) is 0. The van der Waals surface area contributed by atoms with E-state index in [1.165, 1.54) is 25.7 Å². The van der Waals surface area contributed by atoms with Gasteiger partial charge in [0.15, 0.2) is 11.4 Å². The summed E-state index contributed by atoms with van der Waals surface area (Å²) in [5.41, 5.74) is -0.930. The van der Waals surface area contributed by atoms with Gasteiger partial charge in [0.2, 0.25) is 0 Å². The fourth-order valence-electron chi connectivity index (χ4n) is 7.24. The molecule has 1 N–H and O–H groups in total. The molecule has 1 saturated heterocycles. The first-order valence-corrected chi connectivity index (χ1v) is 18.7. The molecule has 1 saturated carbocycles. The van der Waals surface area contributed by atoms with Crippen LogP contribution in [-0.4, -0.2) is 73.6 Å². The summed E-state index contributed by atoms with van der Waals surface area (Å²) in [6.45, 7) is 15.0. The number of carbonyl (C=O) groups excluding carboxylic acids is 2. The van der Waals surface area contributed by atoms with E-state index in [2.05, 4.69) is 11.5 Å². The van der Waals surface area contributed by atoms with Gasteiger partial charge in [-0.15, -0.1) is 0 Å². The summed E-state index contributed by atoms with van der Waals surface area (Å²) in [5, 5.41) is 17.0. The van der Waals surface area contributed by atoms with E-state index in [1.54, 1.807) is 27.7 Å². The molecule has 2 aromatic rings. The van der Waals surface area contributed by atoms with Crippen molar-refractivity contribution in [2.24, 2.45) is 11.8 Å². The van der Waals surface area contributed by atoms with E-state index in [-0.39, 0.29) is 18.2 Å². The zero-order valence-electron chi connectivity index (χ0n) is 30.6. The van der Waals surface area contributed by atoms with E-state index < -0.39 is 23.4 Å². The summed E-state index contributed by atoms with van der Waals surface area (Å²) in [6.07, 6.45) is 15.7. The van der Waals surface area contributed by atoms with Crippen molar-refractivity contribution < 1.29 is 24.2 Å². The Bertz CT molecular complexity index is 1310. The Balaban J connectivity index is 1.11. The van der Waals surface area contributed by atoms with Gasteiger partial charge in [-0.2, -0.15) is 5.10 Å². The molecule has 0 spiro atoms. The Labute approximate surface area is 294 Å². The fourth-order valence-corrected chi connectivity index (χ4v) is 7.24. The number of hydrogen-bond acceptors (Lipinski definition) is 8. The summed E-state index contributed by atoms with van der Waals surface area (Å²) in [4.78, 5) is 33.3. The first kappa shape index (κ1) is 38.6. The molecule has 2 fully saturated rings. The second-order valence-electron chi connectivity index (χ2n) is 15.2. The normalized spacial score (nSPS) is 17.7. The third-order valence-electron chi connectivity index (χ3n) is 9.89. The second-order valence-corrected chi connectivity index (χ2v) is 15.2. The second kappa shape index (κ2) is 18.7. The van der Waals surface area contributed by atoms with Crippen molar-refractivity contribution in [2.45, 2.75) is 135 Å². The lowest BCUT2D eigenvalue weighted by Gasteiger charge is -2.37. The number of ether oxygens (including phenoxy) is 2. The zero-order valence-corrected chi connectivity index (χ0v) is 30.6. The minimum absolute atomic E-state index is 0.142. The molecular weight excluding hydrogens is 618 g/mol. The van der Waals surface area contributed by atoms with Gasteiger partial charge in [0.05, 0.1) is 5.76 Å². The number of piperidine rings is 1. The molecule has 0 bridgehead atoms. The van der Waals surface area contributed by atoms with Crippen LogP contribution in [0.25, 0.3) is 0 Å². The van der Waals surface area contributed by atoms with Crippen LogP contribution in [0.1, 0.15) is 129 Å². The Hall–Kier alpha value is -3.24. The Morgan fingerprint density at radius 2 is 1.55 bits per heavy atom. The zero-order chi connectivity index (χ0) is 35.3. The molecule has 49 heavy (non-hydrogen) atoms. The number of aliphatic hydroxyl groups is 1. The standard InChI is InChI=1S/C39H61N5O5/c1-31(2)48-36(45)44(37(46)49-38(3,4)5)26-18-10-8-6-7-9-17-25-42-27-23-32(24-28-42)29-43-30-40-35(41-43)39(47,33-19-13-11-14-20-33)34-21-15-12-16-22-34/h11,13-14,19-20,30,32,34,47H,1,6-10,12,15-18,21-29H2,2-5H3. The number of carbonyl (C=O) groups is 2. The molecule has 1 aliphatic carbocycles. The molecule has 1 atom stereocenters. The number of imide groups is 1. The van der Waals surface area contributed by atoms with E-state index in [4.69, 9.17) is 19.6 Å². The van der Waals surface area contributed by atoms with Gasteiger partial charge < -0.3 is 19.5 Å². The lowest BCUT2D eigenvalue weighted by molar-refractivity contribution is -0.00865. The molecule has 2 heterocycles. The monoisotopic (exact) mass is 679 g/mol. The first-order valence-electron chi connectivity index (χ1n) is 18.7. The van der Waals surface area contributed by atoms with Crippen LogP contribution >= 0.6 is 0 Å². The molecule has 2 aliphatic rings. The van der Waals surface area contributed by atoms with Crippen molar-refractivity contribution in [3.63, 3.8) is 0 Å². The van der Waals surface area contributed by atoms with Crippen molar-refractivity contribution in [1.82, 2.24) is 24.6 Å². The molecule has 1 unspecified atom stereocenters. The van der Waals surface area contributed by atoms with Gasteiger partial charge in [-0.1, -0.05) is 88.3 Å². The van der Waals surface area contributed by atoms with Gasteiger partial charge in [0, 0.05) is 13.1 Å². The molecule has 10 nitrogen and oxygen atoms in total. The Morgan fingerprint density at radius 3 is 2.18 bits per heavy atom. The molecule has 2 amide bonds. The maximum atomic E-state index is 12.5. The number of aromatic nitrogens is 3. The third kappa shape index (κ3) is 11.9. The predicted octanol–water partition coefficient (Wildman–Crippen LogP) is 8.44. The lowest BCUT2D eigenvalue weighted by Crippen LogP contribution is -2.41. The summed E-state index contributed by atoms with van der Waals surface area (Å²) in [6, 6.07) is 10.0. The number of rotatable bonds is 16. The number of benzene rings is 1. The van der Waals surface area contributed by atoms with Crippen LogP contribution < -0.4 is 0 Å². The molecule has 272 valence electrons. The highest BCUT2D eigenvalue weighted by molar-refractivity contribution is 5.88.